The molecule has 3 rings (SSSR count). The minimum Gasteiger partial charge on any atom is -0.487 e. The topological polar surface area (TPSA) is 37.4 Å². The fraction of sp³-hybridized carbons (Fsp3) is 0.353. The largest absolute Gasteiger partial charge is 0.487 e. The molecule has 1 aromatic heterocycles. The molecule has 134 valence electrons. The highest BCUT2D eigenvalue weighted by Gasteiger charge is 2.09. The van der Waals surface area contributed by atoms with Crippen molar-refractivity contribution in [1.82, 2.24) is 15.2 Å². The van der Waals surface area contributed by atoms with Gasteiger partial charge in [0.25, 0.3) is 0 Å². The molecule has 0 saturated carbocycles. The van der Waals surface area contributed by atoms with Crippen LogP contribution in [0.1, 0.15) is 11.3 Å². The van der Waals surface area contributed by atoms with E-state index in [0.717, 1.165) is 44.2 Å². The van der Waals surface area contributed by atoms with Crippen molar-refractivity contribution in [2.24, 2.45) is 0 Å². The number of hydrogen-bond donors (Lipinski definition) is 1. The van der Waals surface area contributed by atoms with E-state index >= 15 is 0 Å². The van der Waals surface area contributed by atoms with E-state index in [0.29, 0.717) is 6.61 Å². The van der Waals surface area contributed by atoms with E-state index in [1.165, 1.54) is 5.56 Å². The summed E-state index contributed by atoms with van der Waals surface area (Å²) in [5, 5.41) is 3.37. The first kappa shape index (κ1) is 23.0. The molecule has 1 aliphatic heterocycles. The highest BCUT2D eigenvalue weighted by Crippen LogP contribution is 2.15. The molecule has 0 aliphatic carbocycles. The zero-order valence-electron chi connectivity index (χ0n) is 13.4. The Morgan fingerprint density at radius 1 is 0.958 bits per heavy atom. The van der Waals surface area contributed by atoms with Crippen molar-refractivity contribution >= 4 is 37.2 Å². The average molecular weight is 393 g/mol. The predicted molar refractivity (Wildman–Crippen MR) is 105 cm³/mol. The quantitative estimate of drug-likeness (QED) is 0.847. The second-order valence-electron chi connectivity index (χ2n) is 5.28. The van der Waals surface area contributed by atoms with Crippen molar-refractivity contribution in [3.05, 3.63) is 59.9 Å². The Morgan fingerprint density at radius 2 is 1.67 bits per heavy atom. The van der Waals surface area contributed by atoms with Crippen molar-refractivity contribution in [3.63, 3.8) is 0 Å². The molecule has 0 bridgehead atoms. The van der Waals surface area contributed by atoms with E-state index in [-0.39, 0.29) is 37.2 Å². The first-order valence-electron chi connectivity index (χ1n) is 7.45. The van der Waals surface area contributed by atoms with Crippen LogP contribution in [0.25, 0.3) is 0 Å². The van der Waals surface area contributed by atoms with Gasteiger partial charge in [-0.25, -0.2) is 0 Å². The number of piperazine rings is 1. The van der Waals surface area contributed by atoms with E-state index < -0.39 is 0 Å². The standard InChI is InChI=1S/C17H21N3O.3ClH/c1-2-8-19-16(3-1)14-21-17-6-4-15(5-7-17)13-20-11-9-18-10-12-20;;;/h1-8,18H,9-14H2;3*1H. The van der Waals surface area contributed by atoms with Crippen LogP contribution in [0.15, 0.2) is 48.7 Å². The maximum Gasteiger partial charge on any atom is 0.130 e. The van der Waals surface area contributed by atoms with E-state index in [9.17, 15) is 0 Å². The minimum absolute atomic E-state index is 0. The Kier molecular flexibility index (Phi) is 11.8. The van der Waals surface area contributed by atoms with Crippen LogP contribution in [0.4, 0.5) is 0 Å². The van der Waals surface area contributed by atoms with Crippen LogP contribution >= 0.6 is 37.2 Å². The van der Waals surface area contributed by atoms with Crippen molar-refractivity contribution in [2.75, 3.05) is 26.2 Å². The van der Waals surface area contributed by atoms with E-state index in [1.54, 1.807) is 6.20 Å². The molecule has 0 unspecified atom stereocenters. The smallest absolute Gasteiger partial charge is 0.130 e. The molecule has 7 heteroatoms. The molecule has 2 aromatic rings. The number of nitrogens with zero attached hydrogens (tertiary/aromatic N) is 2. The first-order valence-corrected chi connectivity index (χ1v) is 7.45. The van der Waals surface area contributed by atoms with Crippen molar-refractivity contribution in [3.8, 4) is 5.75 Å². The highest BCUT2D eigenvalue weighted by atomic mass is 35.5. The molecule has 0 atom stereocenters. The van der Waals surface area contributed by atoms with Crippen LogP contribution in [0.2, 0.25) is 0 Å². The van der Waals surface area contributed by atoms with Gasteiger partial charge < -0.3 is 10.1 Å². The van der Waals surface area contributed by atoms with Crippen molar-refractivity contribution in [1.29, 1.82) is 0 Å². The maximum atomic E-state index is 5.75. The average Bonchev–Trinajstić information content (AvgIpc) is 2.56. The number of nitrogens with one attached hydrogen (secondary N) is 1. The van der Waals surface area contributed by atoms with E-state index in [1.807, 2.05) is 30.3 Å². The lowest BCUT2D eigenvalue weighted by Crippen LogP contribution is -2.42. The number of rotatable bonds is 5. The van der Waals surface area contributed by atoms with Gasteiger partial charge in [-0.2, -0.15) is 0 Å². The molecular formula is C17H24Cl3N3O. The first-order chi connectivity index (χ1) is 10.4. The summed E-state index contributed by atoms with van der Waals surface area (Å²) in [7, 11) is 0. The lowest BCUT2D eigenvalue weighted by Gasteiger charge is -2.27. The third-order valence-electron chi connectivity index (χ3n) is 3.65. The molecule has 0 radical (unpaired) electrons. The van der Waals surface area contributed by atoms with Gasteiger partial charge in [-0.15, -0.1) is 37.2 Å². The molecular weight excluding hydrogens is 369 g/mol. The number of hydrogen-bond acceptors (Lipinski definition) is 4. The molecule has 1 N–H and O–H groups in total. The van der Waals surface area contributed by atoms with Gasteiger partial charge in [0.05, 0.1) is 5.69 Å². The van der Waals surface area contributed by atoms with Crippen LogP contribution in [-0.4, -0.2) is 36.1 Å². The van der Waals surface area contributed by atoms with Gasteiger partial charge in [0.2, 0.25) is 0 Å². The Balaban J connectivity index is 0.00000176. The third kappa shape index (κ3) is 7.24. The van der Waals surface area contributed by atoms with Crippen LogP contribution in [0.5, 0.6) is 5.75 Å². The summed E-state index contributed by atoms with van der Waals surface area (Å²) in [6.45, 7) is 5.95. The highest BCUT2D eigenvalue weighted by molar-refractivity contribution is 5.86. The number of halogens is 3. The minimum atomic E-state index is 0. The lowest BCUT2D eigenvalue weighted by molar-refractivity contribution is 0.233. The van der Waals surface area contributed by atoms with Gasteiger partial charge in [-0.3, -0.25) is 9.88 Å². The summed E-state index contributed by atoms with van der Waals surface area (Å²) in [6.07, 6.45) is 1.79. The number of pyridine rings is 1. The Morgan fingerprint density at radius 3 is 2.29 bits per heavy atom. The Labute approximate surface area is 162 Å². The molecule has 1 fully saturated rings. The van der Waals surface area contributed by atoms with Crippen molar-refractivity contribution in [2.45, 2.75) is 13.2 Å². The Bertz CT molecular complexity index is 549. The summed E-state index contributed by atoms with van der Waals surface area (Å²) in [5.74, 6) is 0.893. The summed E-state index contributed by atoms with van der Waals surface area (Å²) in [5.41, 5.74) is 2.28. The van der Waals surface area contributed by atoms with Gasteiger partial charge in [-0.1, -0.05) is 18.2 Å². The second kappa shape index (κ2) is 12.3. The van der Waals surface area contributed by atoms with Crippen LogP contribution in [0.3, 0.4) is 0 Å². The second-order valence-corrected chi connectivity index (χ2v) is 5.28. The summed E-state index contributed by atoms with van der Waals surface area (Å²) >= 11 is 0. The summed E-state index contributed by atoms with van der Waals surface area (Å²) < 4.78 is 5.75. The lowest BCUT2D eigenvalue weighted by atomic mass is 10.2. The van der Waals surface area contributed by atoms with Crippen LogP contribution < -0.4 is 10.1 Å². The van der Waals surface area contributed by atoms with Crippen LogP contribution in [0, 0.1) is 0 Å². The molecule has 1 saturated heterocycles. The normalized spacial score (nSPS) is 13.8. The number of benzene rings is 1. The summed E-state index contributed by atoms with van der Waals surface area (Å²) in [4.78, 5) is 6.72. The van der Waals surface area contributed by atoms with Crippen molar-refractivity contribution < 1.29 is 4.74 Å². The number of aromatic nitrogens is 1. The van der Waals surface area contributed by atoms with E-state index in [4.69, 9.17) is 4.74 Å². The monoisotopic (exact) mass is 391 g/mol. The van der Waals surface area contributed by atoms with E-state index in [2.05, 4.69) is 27.3 Å². The molecule has 0 spiro atoms. The predicted octanol–water partition coefficient (Wildman–Crippen LogP) is 3.33. The molecule has 4 nitrogen and oxygen atoms in total. The molecule has 1 aliphatic rings. The summed E-state index contributed by atoms with van der Waals surface area (Å²) in [6, 6.07) is 14.2. The van der Waals surface area contributed by atoms with Gasteiger partial charge in [0.1, 0.15) is 12.4 Å². The molecule has 0 amide bonds. The van der Waals surface area contributed by atoms with Gasteiger partial charge in [0.15, 0.2) is 0 Å². The fourth-order valence-corrected chi connectivity index (χ4v) is 2.46. The molecule has 1 aromatic carbocycles. The molecule has 24 heavy (non-hydrogen) atoms. The fourth-order valence-electron chi connectivity index (χ4n) is 2.46. The zero-order chi connectivity index (χ0) is 14.3. The van der Waals surface area contributed by atoms with Gasteiger partial charge in [0, 0.05) is 38.9 Å². The van der Waals surface area contributed by atoms with Crippen LogP contribution in [-0.2, 0) is 13.2 Å². The van der Waals surface area contributed by atoms with Gasteiger partial charge >= 0.3 is 0 Å². The molecule has 2 heterocycles. The number of ether oxygens (including phenoxy) is 1. The Hall–Kier alpha value is -1.04. The zero-order valence-corrected chi connectivity index (χ0v) is 15.8. The van der Waals surface area contributed by atoms with Gasteiger partial charge in [-0.05, 0) is 29.8 Å². The SMILES string of the molecule is Cl.Cl.Cl.c1ccc(COc2ccc(CN3CCNCC3)cc2)nc1. The third-order valence-corrected chi connectivity index (χ3v) is 3.65. The maximum absolute atomic E-state index is 5.75.